The molecule has 1 heterocycles. The Labute approximate surface area is 183 Å². The van der Waals surface area contributed by atoms with Gasteiger partial charge in [-0.3, -0.25) is 14.4 Å². The molecule has 0 radical (unpaired) electrons. The minimum absolute atomic E-state index is 0.0161. The first-order valence-electron chi connectivity index (χ1n) is 9.22. The van der Waals surface area contributed by atoms with Gasteiger partial charge in [0, 0.05) is 17.3 Å². The fourth-order valence-electron chi connectivity index (χ4n) is 2.44. The molecule has 0 aliphatic heterocycles. The van der Waals surface area contributed by atoms with Crippen molar-refractivity contribution in [2.75, 3.05) is 18.5 Å². The zero-order chi connectivity index (χ0) is 24.0. The maximum Gasteiger partial charge on any atom is 0.437 e. The van der Waals surface area contributed by atoms with Crippen LogP contribution in [0.25, 0.3) is 11.5 Å². The highest BCUT2D eigenvalue weighted by molar-refractivity contribution is 5.94. The third-order valence-electron chi connectivity index (χ3n) is 3.99. The van der Waals surface area contributed by atoms with Crippen LogP contribution in [0, 0.1) is 17.5 Å². The van der Waals surface area contributed by atoms with Crippen molar-refractivity contribution in [3.63, 3.8) is 0 Å². The van der Waals surface area contributed by atoms with E-state index in [9.17, 15) is 32.3 Å². The molecule has 10 nitrogen and oxygen atoms in total. The number of benzene rings is 2. The topological polar surface area (TPSA) is 133 Å². The van der Waals surface area contributed by atoms with E-state index in [0.717, 1.165) is 30.3 Å². The molecule has 2 amide bonds. The Morgan fingerprint density at radius 3 is 2.42 bits per heavy atom. The predicted octanol–water partition coefficient (Wildman–Crippen LogP) is 1.22. The zero-order valence-corrected chi connectivity index (χ0v) is 16.6. The largest absolute Gasteiger partial charge is 0.454 e. The van der Waals surface area contributed by atoms with E-state index in [1.165, 1.54) is 12.1 Å². The molecule has 13 heteroatoms. The molecule has 172 valence electrons. The van der Waals surface area contributed by atoms with Crippen LogP contribution in [0.2, 0.25) is 0 Å². The molecule has 0 aliphatic rings. The second-order valence-electron chi connectivity index (χ2n) is 6.45. The zero-order valence-electron chi connectivity index (χ0n) is 16.6. The van der Waals surface area contributed by atoms with Crippen molar-refractivity contribution in [2.45, 2.75) is 6.54 Å². The number of hydrogen-bond acceptors (Lipinski definition) is 7. The molecule has 33 heavy (non-hydrogen) atoms. The molecular formula is C20H15F3N4O6. The van der Waals surface area contributed by atoms with Gasteiger partial charge in [-0.15, -0.1) is 5.10 Å². The molecular weight excluding hydrogens is 449 g/mol. The normalized spacial score (nSPS) is 10.5. The number of carbonyl (C=O) groups is 3. The minimum atomic E-state index is -1.15. The van der Waals surface area contributed by atoms with Crippen LogP contribution in [0.1, 0.15) is 0 Å². The summed E-state index contributed by atoms with van der Waals surface area (Å²) in [6, 6.07) is 7.66. The van der Waals surface area contributed by atoms with E-state index in [1.807, 2.05) is 0 Å². The van der Waals surface area contributed by atoms with Crippen LogP contribution in [0.3, 0.4) is 0 Å². The second kappa shape index (κ2) is 10.3. The number of rotatable bonds is 8. The van der Waals surface area contributed by atoms with Crippen LogP contribution in [-0.4, -0.2) is 40.7 Å². The monoisotopic (exact) mass is 464 g/mol. The van der Waals surface area contributed by atoms with Gasteiger partial charge in [-0.2, -0.15) is 4.68 Å². The molecule has 0 saturated carbocycles. The van der Waals surface area contributed by atoms with Crippen LogP contribution in [0.15, 0.2) is 51.7 Å². The molecule has 0 unspecified atom stereocenters. The van der Waals surface area contributed by atoms with Gasteiger partial charge in [-0.05, 0) is 36.4 Å². The van der Waals surface area contributed by atoms with E-state index < -0.39 is 60.7 Å². The van der Waals surface area contributed by atoms with Gasteiger partial charge in [-0.25, -0.2) is 18.0 Å². The first kappa shape index (κ1) is 23.2. The number of nitrogens with one attached hydrogen (secondary N) is 2. The highest BCUT2D eigenvalue weighted by Gasteiger charge is 2.16. The summed E-state index contributed by atoms with van der Waals surface area (Å²) in [5.41, 5.74) is 0.291. The number of esters is 1. The standard InChI is InChI=1S/C20H15F3N4O6/c21-12-3-1-11(2-4-12)19-26-27(20(31)33-19)9-18(30)32-10-17(29)24-8-16(28)25-13-5-6-14(22)15(23)7-13/h1-7H,8-10H2,(H,24,29)(H,25,28). The van der Waals surface area contributed by atoms with Gasteiger partial charge in [0.25, 0.3) is 5.91 Å². The number of amides is 2. The maximum atomic E-state index is 13.1. The van der Waals surface area contributed by atoms with E-state index in [0.29, 0.717) is 10.2 Å². The average Bonchev–Trinajstić information content (AvgIpc) is 3.14. The van der Waals surface area contributed by atoms with Crippen LogP contribution >= 0.6 is 0 Å². The Morgan fingerprint density at radius 1 is 1.00 bits per heavy atom. The lowest BCUT2D eigenvalue weighted by atomic mass is 10.2. The Morgan fingerprint density at radius 2 is 1.73 bits per heavy atom. The first-order chi connectivity index (χ1) is 15.7. The Balaban J connectivity index is 1.43. The average molecular weight is 464 g/mol. The van der Waals surface area contributed by atoms with Crippen molar-refractivity contribution < 1.29 is 36.7 Å². The number of anilines is 1. The lowest BCUT2D eigenvalue weighted by Crippen LogP contribution is -2.36. The van der Waals surface area contributed by atoms with Crippen molar-refractivity contribution >= 4 is 23.5 Å². The number of ether oxygens (including phenoxy) is 1. The lowest BCUT2D eigenvalue weighted by molar-refractivity contribution is -0.149. The molecule has 1 aromatic heterocycles. The van der Waals surface area contributed by atoms with Crippen molar-refractivity contribution in [1.29, 1.82) is 0 Å². The van der Waals surface area contributed by atoms with Crippen LogP contribution in [0.4, 0.5) is 18.9 Å². The molecule has 0 spiro atoms. The minimum Gasteiger partial charge on any atom is -0.454 e. The molecule has 2 aromatic carbocycles. The summed E-state index contributed by atoms with van der Waals surface area (Å²) in [6.45, 7) is -1.94. The SMILES string of the molecule is O=C(COC(=O)Cn1nc(-c2ccc(F)cc2)oc1=O)NCC(=O)Nc1ccc(F)c(F)c1. The summed E-state index contributed by atoms with van der Waals surface area (Å²) >= 11 is 0. The van der Waals surface area contributed by atoms with E-state index in [4.69, 9.17) is 9.15 Å². The smallest absolute Gasteiger partial charge is 0.437 e. The third-order valence-corrected chi connectivity index (χ3v) is 3.99. The quantitative estimate of drug-likeness (QED) is 0.479. The van der Waals surface area contributed by atoms with Gasteiger partial charge in [0.1, 0.15) is 12.4 Å². The third kappa shape index (κ3) is 6.53. The maximum absolute atomic E-state index is 13.1. The molecule has 0 atom stereocenters. The number of halogens is 3. The Bertz CT molecular complexity index is 1240. The molecule has 0 bridgehead atoms. The van der Waals surface area contributed by atoms with Gasteiger partial charge in [0.15, 0.2) is 18.2 Å². The van der Waals surface area contributed by atoms with Crippen molar-refractivity contribution in [2.24, 2.45) is 0 Å². The molecule has 0 saturated heterocycles. The van der Waals surface area contributed by atoms with Gasteiger partial charge in [0.05, 0.1) is 6.54 Å². The molecule has 3 aromatic rings. The van der Waals surface area contributed by atoms with Gasteiger partial charge >= 0.3 is 11.7 Å². The second-order valence-corrected chi connectivity index (χ2v) is 6.45. The summed E-state index contributed by atoms with van der Waals surface area (Å²) in [5.74, 6) is -6.39. The van der Waals surface area contributed by atoms with Crippen molar-refractivity contribution in [3.05, 3.63) is 70.5 Å². The fourth-order valence-corrected chi connectivity index (χ4v) is 2.44. The summed E-state index contributed by atoms with van der Waals surface area (Å²) in [5, 5.41) is 8.20. The van der Waals surface area contributed by atoms with Crippen LogP contribution < -0.4 is 16.4 Å². The van der Waals surface area contributed by atoms with E-state index in [1.54, 1.807) is 0 Å². The van der Waals surface area contributed by atoms with Crippen LogP contribution in [-0.2, 0) is 25.7 Å². The fraction of sp³-hybridized carbons (Fsp3) is 0.150. The van der Waals surface area contributed by atoms with E-state index in [2.05, 4.69) is 15.7 Å². The number of nitrogens with zero attached hydrogens (tertiary/aromatic N) is 2. The molecule has 0 aliphatic carbocycles. The highest BCUT2D eigenvalue weighted by Crippen LogP contribution is 2.15. The predicted molar refractivity (Wildman–Crippen MR) is 105 cm³/mol. The van der Waals surface area contributed by atoms with E-state index in [-0.39, 0.29) is 11.6 Å². The van der Waals surface area contributed by atoms with Crippen molar-refractivity contribution in [3.8, 4) is 11.5 Å². The number of hydrogen-bond donors (Lipinski definition) is 2. The van der Waals surface area contributed by atoms with Crippen molar-refractivity contribution in [1.82, 2.24) is 15.1 Å². The van der Waals surface area contributed by atoms with E-state index >= 15 is 0 Å². The summed E-state index contributed by atoms with van der Waals surface area (Å²) < 4.78 is 49.2. The Hall–Kier alpha value is -4.42. The number of carbonyl (C=O) groups excluding carboxylic acids is 3. The summed E-state index contributed by atoms with van der Waals surface area (Å²) in [7, 11) is 0. The summed E-state index contributed by atoms with van der Waals surface area (Å²) in [4.78, 5) is 47.1. The summed E-state index contributed by atoms with van der Waals surface area (Å²) in [6.07, 6.45) is 0. The van der Waals surface area contributed by atoms with Crippen LogP contribution in [0.5, 0.6) is 0 Å². The van der Waals surface area contributed by atoms with Gasteiger partial charge < -0.3 is 19.8 Å². The Kier molecular flexibility index (Phi) is 7.23. The highest BCUT2D eigenvalue weighted by atomic mass is 19.2. The molecule has 0 fully saturated rings. The molecule has 3 rings (SSSR count). The first-order valence-corrected chi connectivity index (χ1v) is 9.22. The van der Waals surface area contributed by atoms with Gasteiger partial charge in [0.2, 0.25) is 11.8 Å². The lowest BCUT2D eigenvalue weighted by Gasteiger charge is -2.08. The molecule has 2 N–H and O–H groups in total. The number of aromatic nitrogens is 2. The van der Waals surface area contributed by atoms with Gasteiger partial charge in [-0.1, -0.05) is 0 Å².